The van der Waals surface area contributed by atoms with Gasteiger partial charge in [-0.05, 0) is 24.3 Å². The van der Waals surface area contributed by atoms with Crippen LogP contribution in [0.3, 0.4) is 0 Å². The van der Waals surface area contributed by atoms with E-state index in [-0.39, 0.29) is 59.1 Å². The molecule has 0 bridgehead atoms. The van der Waals surface area contributed by atoms with Crippen molar-refractivity contribution in [1.82, 2.24) is 39.0 Å². The SMILES string of the molecule is Cn1cc(NC(=O)c2cc(N(C(=O)c3ccccc3)N(CCBr)CCBr)nn2C)cc1C(=O)Nc1cc(C(=O)Nc2cc(C(=O)NCCC(=N)N)n(C)n2)n(C)c1. The first-order chi connectivity index (χ1) is 27.2. The first-order valence-corrected chi connectivity index (χ1v) is 19.7. The van der Waals surface area contributed by atoms with Crippen molar-refractivity contribution >= 4 is 90.2 Å². The highest BCUT2D eigenvalue weighted by Gasteiger charge is 2.29. The number of amides is 5. The fraction of sp³-hybridized carbons (Fsp3) is 0.278. The molecule has 5 aromatic rings. The second-order valence-electron chi connectivity index (χ2n) is 12.7. The number of hydrazine groups is 1. The predicted molar refractivity (Wildman–Crippen MR) is 222 cm³/mol. The van der Waals surface area contributed by atoms with Gasteiger partial charge in [-0.1, -0.05) is 50.1 Å². The summed E-state index contributed by atoms with van der Waals surface area (Å²) in [7, 11) is 6.44. The zero-order valence-corrected chi connectivity index (χ0v) is 34.7. The highest BCUT2D eigenvalue weighted by atomic mass is 79.9. The number of nitrogens with zero attached hydrogens (tertiary/aromatic N) is 8. The standard InChI is InChI=1S/C36H42Br2N14O5/c1-47-21-24(43-35(56)28-19-31(46-50(28)4)52(51(14-11-37)15-12-38)36(57)22-8-6-5-7-9-22)16-25(47)33(54)42-23-17-26(48(2)20-23)34(55)44-30-18-27(49(3)45-30)32(53)41-13-10-29(39)40/h5-9,16-21H,10-15H2,1-4H3,(H3,39,40)(H,41,53)(H,42,54)(H,43,56)(H,44,45,55). The van der Waals surface area contributed by atoms with Gasteiger partial charge in [0.15, 0.2) is 11.6 Å². The molecule has 0 atom stereocenters. The van der Waals surface area contributed by atoms with E-state index < -0.39 is 23.6 Å². The number of aromatic nitrogens is 6. The third kappa shape index (κ3) is 10.2. The fourth-order valence-electron chi connectivity index (χ4n) is 5.79. The first-order valence-electron chi connectivity index (χ1n) is 17.4. The Bertz CT molecular complexity index is 2290. The van der Waals surface area contributed by atoms with Crippen LogP contribution in [0.4, 0.5) is 23.0 Å². The molecule has 4 aromatic heterocycles. The second-order valence-corrected chi connectivity index (χ2v) is 14.3. The Labute approximate surface area is 344 Å². The van der Waals surface area contributed by atoms with Crippen LogP contribution in [-0.4, -0.2) is 99.4 Å². The topological polar surface area (TPSA) is 235 Å². The lowest BCUT2D eigenvalue weighted by atomic mass is 10.2. The number of halogens is 2. The number of amidine groups is 1. The maximum atomic E-state index is 13.8. The van der Waals surface area contributed by atoms with E-state index in [1.54, 1.807) is 69.4 Å². The van der Waals surface area contributed by atoms with Crippen molar-refractivity contribution in [1.29, 1.82) is 5.41 Å². The predicted octanol–water partition coefficient (Wildman–Crippen LogP) is 3.30. The summed E-state index contributed by atoms with van der Waals surface area (Å²) in [5, 5.41) is 31.4. The molecule has 19 nitrogen and oxygen atoms in total. The van der Waals surface area contributed by atoms with E-state index >= 15 is 0 Å². The zero-order chi connectivity index (χ0) is 41.4. The molecule has 0 aliphatic heterocycles. The monoisotopic (exact) mass is 908 g/mol. The highest BCUT2D eigenvalue weighted by Crippen LogP contribution is 2.23. The quantitative estimate of drug-likeness (QED) is 0.0347. The van der Waals surface area contributed by atoms with Crippen LogP contribution < -0.4 is 32.0 Å². The Hall–Kier alpha value is -6.06. The Kier molecular flexibility index (Phi) is 13.8. The molecule has 57 heavy (non-hydrogen) atoms. The van der Waals surface area contributed by atoms with Gasteiger partial charge >= 0.3 is 0 Å². The van der Waals surface area contributed by atoms with Crippen LogP contribution in [0.2, 0.25) is 0 Å². The number of rotatable bonds is 17. The molecular formula is C36H42Br2N14O5. The first kappa shape index (κ1) is 42.1. The molecule has 0 aliphatic carbocycles. The molecule has 0 saturated carbocycles. The Balaban J connectivity index is 1.26. The summed E-state index contributed by atoms with van der Waals surface area (Å²) in [5.41, 5.74) is 7.24. The molecule has 0 radical (unpaired) electrons. The summed E-state index contributed by atoms with van der Waals surface area (Å²) in [5.74, 6) is -1.96. The minimum absolute atomic E-state index is 0.0540. The lowest BCUT2D eigenvalue weighted by Crippen LogP contribution is -2.49. The van der Waals surface area contributed by atoms with Gasteiger partial charge in [-0.2, -0.15) is 10.2 Å². The molecule has 0 fully saturated rings. The number of carbonyl (C=O) groups is 5. The van der Waals surface area contributed by atoms with Gasteiger partial charge in [0.25, 0.3) is 29.5 Å². The van der Waals surface area contributed by atoms with Gasteiger partial charge in [0.2, 0.25) is 0 Å². The molecule has 0 aliphatic rings. The van der Waals surface area contributed by atoms with Crippen LogP contribution in [0.5, 0.6) is 0 Å². The minimum atomic E-state index is -0.534. The van der Waals surface area contributed by atoms with Crippen molar-refractivity contribution in [2.45, 2.75) is 6.42 Å². The summed E-state index contributed by atoms with van der Waals surface area (Å²) in [6.45, 7) is 1.17. The molecule has 0 unspecified atom stereocenters. The van der Waals surface area contributed by atoms with Crippen molar-refractivity contribution in [3.05, 3.63) is 95.3 Å². The number of hydrogen-bond donors (Lipinski definition) is 6. The van der Waals surface area contributed by atoms with Gasteiger partial charge in [-0.3, -0.25) is 38.7 Å². The molecular weight excluding hydrogens is 868 g/mol. The number of aryl methyl sites for hydroxylation is 4. The third-order valence-electron chi connectivity index (χ3n) is 8.52. The van der Waals surface area contributed by atoms with Gasteiger partial charge < -0.3 is 36.1 Å². The largest absolute Gasteiger partial charge is 0.388 e. The van der Waals surface area contributed by atoms with E-state index in [0.29, 0.717) is 40.7 Å². The normalized spacial score (nSPS) is 11.0. The third-order valence-corrected chi connectivity index (χ3v) is 9.23. The smallest absolute Gasteiger partial charge is 0.274 e. The lowest BCUT2D eigenvalue weighted by Gasteiger charge is -2.32. The van der Waals surface area contributed by atoms with Crippen molar-refractivity contribution in [2.24, 2.45) is 33.9 Å². The van der Waals surface area contributed by atoms with Crippen LogP contribution in [-0.2, 0) is 28.2 Å². The highest BCUT2D eigenvalue weighted by molar-refractivity contribution is 9.09. The Morgan fingerprint density at radius 2 is 1.25 bits per heavy atom. The van der Waals surface area contributed by atoms with Crippen molar-refractivity contribution < 1.29 is 24.0 Å². The summed E-state index contributed by atoms with van der Waals surface area (Å²) in [6.07, 6.45) is 3.34. The minimum Gasteiger partial charge on any atom is -0.388 e. The van der Waals surface area contributed by atoms with E-state index in [1.807, 2.05) is 11.1 Å². The average molecular weight is 911 g/mol. The summed E-state index contributed by atoms with van der Waals surface area (Å²) in [4.78, 5) is 66.4. The molecule has 4 heterocycles. The summed E-state index contributed by atoms with van der Waals surface area (Å²) in [6, 6.07) is 14.8. The number of anilines is 4. The van der Waals surface area contributed by atoms with Gasteiger partial charge in [-0.25, -0.2) is 10.0 Å². The van der Waals surface area contributed by atoms with Crippen molar-refractivity contribution in [3.63, 3.8) is 0 Å². The lowest BCUT2D eigenvalue weighted by molar-refractivity contribution is 0.0900. The number of alkyl halides is 2. The van der Waals surface area contributed by atoms with Gasteiger partial charge in [0, 0.05) is 95.0 Å². The molecule has 21 heteroatoms. The van der Waals surface area contributed by atoms with Crippen molar-refractivity contribution in [2.75, 3.05) is 51.3 Å². The molecule has 0 spiro atoms. The van der Waals surface area contributed by atoms with Crippen LogP contribution in [0.1, 0.15) is 58.7 Å². The van der Waals surface area contributed by atoms with Gasteiger partial charge in [0.1, 0.15) is 22.8 Å². The van der Waals surface area contributed by atoms with E-state index in [9.17, 15) is 24.0 Å². The number of benzene rings is 1. The molecule has 5 rings (SSSR count). The van der Waals surface area contributed by atoms with Crippen molar-refractivity contribution in [3.8, 4) is 0 Å². The Morgan fingerprint density at radius 3 is 1.81 bits per heavy atom. The summed E-state index contributed by atoms with van der Waals surface area (Å²) >= 11 is 6.93. The molecule has 1 aromatic carbocycles. The van der Waals surface area contributed by atoms with Crippen LogP contribution >= 0.6 is 31.9 Å². The zero-order valence-electron chi connectivity index (χ0n) is 31.5. The van der Waals surface area contributed by atoms with E-state index in [2.05, 4.69) is 63.3 Å². The number of nitrogens with two attached hydrogens (primary N) is 1. The van der Waals surface area contributed by atoms with E-state index in [4.69, 9.17) is 11.1 Å². The van der Waals surface area contributed by atoms with Gasteiger partial charge in [0.05, 0.1) is 17.2 Å². The maximum Gasteiger partial charge on any atom is 0.274 e. The molecule has 300 valence electrons. The molecule has 5 amide bonds. The van der Waals surface area contributed by atoms with Crippen LogP contribution in [0.15, 0.2) is 67.0 Å². The maximum absolute atomic E-state index is 13.8. The summed E-state index contributed by atoms with van der Waals surface area (Å²) < 4.78 is 5.77. The van der Waals surface area contributed by atoms with Crippen LogP contribution in [0, 0.1) is 5.41 Å². The van der Waals surface area contributed by atoms with E-state index in [1.165, 1.54) is 43.2 Å². The molecule has 0 saturated heterocycles. The number of hydrogen-bond acceptors (Lipinski definition) is 9. The fourth-order valence-corrected chi connectivity index (χ4v) is 6.60. The average Bonchev–Trinajstić information content (AvgIpc) is 3.93. The molecule has 7 N–H and O–H groups in total. The van der Waals surface area contributed by atoms with Gasteiger partial charge in [-0.15, -0.1) is 0 Å². The number of carbonyl (C=O) groups excluding carboxylic acids is 5. The van der Waals surface area contributed by atoms with E-state index in [0.717, 1.165) is 0 Å². The van der Waals surface area contributed by atoms with Crippen LogP contribution in [0.25, 0.3) is 0 Å². The number of nitrogens with one attached hydrogen (secondary N) is 5. The Morgan fingerprint density at radius 1 is 0.719 bits per heavy atom. The second kappa shape index (κ2) is 18.7.